The number of benzene rings is 1. The Kier molecular flexibility index (Phi) is 7.09. The molecular weight excluding hydrogens is 405 g/mol. The average Bonchev–Trinajstić information content (AvgIpc) is 2.72. The van der Waals surface area contributed by atoms with E-state index in [0.29, 0.717) is 31.9 Å². The number of nitrogens with one attached hydrogen (secondary N) is 1. The molecule has 0 atom stereocenters. The number of rotatable bonds is 6. The van der Waals surface area contributed by atoms with Crippen LogP contribution in [0, 0.1) is 11.2 Å². The van der Waals surface area contributed by atoms with E-state index in [2.05, 4.69) is 0 Å². The summed E-state index contributed by atoms with van der Waals surface area (Å²) in [6.45, 7) is 3.62. The van der Waals surface area contributed by atoms with E-state index in [-0.39, 0.29) is 48.8 Å². The second kappa shape index (κ2) is 9.76. The number of piperazine rings is 1. The highest BCUT2D eigenvalue weighted by atomic mass is 19.1. The summed E-state index contributed by atoms with van der Waals surface area (Å²) in [6, 6.07) is 4.87. The summed E-state index contributed by atoms with van der Waals surface area (Å²) in [7, 11) is 0. The van der Waals surface area contributed by atoms with Crippen molar-refractivity contribution in [1.82, 2.24) is 9.80 Å². The van der Waals surface area contributed by atoms with Gasteiger partial charge < -0.3 is 25.2 Å². The third kappa shape index (κ3) is 5.50. The Hall–Kier alpha value is -3.17. The van der Waals surface area contributed by atoms with Crippen LogP contribution in [0.5, 0.6) is 0 Å². The number of likely N-dealkylation sites (tertiary alicyclic amines) is 1. The van der Waals surface area contributed by atoms with E-state index in [1.165, 1.54) is 6.07 Å². The monoisotopic (exact) mass is 433 g/mol. The molecule has 31 heavy (non-hydrogen) atoms. The molecule has 0 unspecified atom stereocenters. The van der Waals surface area contributed by atoms with Crippen molar-refractivity contribution in [2.24, 2.45) is 5.73 Å². The second-order valence-corrected chi connectivity index (χ2v) is 7.86. The molecule has 2 aliphatic heterocycles. The van der Waals surface area contributed by atoms with Gasteiger partial charge >= 0.3 is 5.97 Å². The lowest BCUT2D eigenvalue weighted by Crippen LogP contribution is -2.56. The van der Waals surface area contributed by atoms with Gasteiger partial charge in [-0.25, -0.2) is 4.39 Å². The highest BCUT2D eigenvalue weighted by Gasteiger charge is 2.33. The third-order valence-electron chi connectivity index (χ3n) is 5.73. The van der Waals surface area contributed by atoms with Gasteiger partial charge in [0.25, 0.3) is 0 Å². The van der Waals surface area contributed by atoms with E-state index in [9.17, 15) is 14.4 Å². The Morgan fingerprint density at radius 1 is 1.23 bits per heavy atom. The van der Waals surface area contributed by atoms with Crippen molar-refractivity contribution in [2.75, 3.05) is 37.6 Å². The number of nitrogens with two attached hydrogens (primary N) is 1. The number of esters is 1. The lowest BCUT2D eigenvalue weighted by molar-refractivity contribution is -0.143. The number of carbonyl (C=O) groups is 3. The molecule has 2 fully saturated rings. The van der Waals surface area contributed by atoms with Gasteiger partial charge in [-0.05, 0) is 18.9 Å². The summed E-state index contributed by atoms with van der Waals surface area (Å²) in [4.78, 5) is 41.2. The minimum atomic E-state index is -0.697. The van der Waals surface area contributed by atoms with Crippen molar-refractivity contribution >= 4 is 29.3 Å². The summed E-state index contributed by atoms with van der Waals surface area (Å²) in [5, 5.41) is 7.10. The van der Waals surface area contributed by atoms with Crippen molar-refractivity contribution in [3.05, 3.63) is 29.6 Å². The quantitative estimate of drug-likeness (QED) is 0.390. The van der Waals surface area contributed by atoms with Crippen molar-refractivity contribution in [3.8, 4) is 0 Å². The molecule has 3 N–H and O–H groups in total. The van der Waals surface area contributed by atoms with Gasteiger partial charge in [0, 0.05) is 44.7 Å². The maximum absolute atomic E-state index is 15.0. The second-order valence-electron chi connectivity index (χ2n) is 7.86. The van der Waals surface area contributed by atoms with Crippen LogP contribution in [-0.2, 0) is 25.7 Å². The summed E-state index contributed by atoms with van der Waals surface area (Å²) in [6.07, 6.45) is 1.16. The molecule has 2 saturated heterocycles. The van der Waals surface area contributed by atoms with E-state index in [0.717, 1.165) is 12.8 Å². The van der Waals surface area contributed by atoms with Crippen LogP contribution in [0.25, 0.3) is 0 Å². The SMILES string of the molecule is CC(=O)N1CCC(N2CCN(c3cccc(COC(=O)CC(=N)N)c3F)CC2=O)CC1. The molecule has 0 radical (unpaired) electrons. The molecule has 3 rings (SSSR count). The topological polar surface area (TPSA) is 120 Å². The van der Waals surface area contributed by atoms with Gasteiger partial charge in [-0.3, -0.25) is 19.8 Å². The Morgan fingerprint density at radius 2 is 1.94 bits per heavy atom. The molecule has 168 valence electrons. The molecule has 2 heterocycles. The molecule has 0 aliphatic carbocycles. The zero-order valence-electron chi connectivity index (χ0n) is 17.6. The number of carbonyl (C=O) groups excluding carboxylic acids is 3. The normalized spacial score (nSPS) is 17.6. The van der Waals surface area contributed by atoms with Gasteiger partial charge in [0.2, 0.25) is 11.8 Å². The molecule has 2 amide bonds. The number of hydrogen-bond acceptors (Lipinski definition) is 6. The van der Waals surface area contributed by atoms with Gasteiger partial charge in [-0.15, -0.1) is 0 Å². The number of nitrogens with zero attached hydrogens (tertiary/aromatic N) is 3. The Morgan fingerprint density at radius 3 is 2.55 bits per heavy atom. The highest BCUT2D eigenvalue weighted by Crippen LogP contribution is 2.26. The van der Waals surface area contributed by atoms with Crippen molar-refractivity contribution < 1.29 is 23.5 Å². The number of amides is 2. The first kappa shape index (κ1) is 22.5. The third-order valence-corrected chi connectivity index (χ3v) is 5.73. The lowest BCUT2D eigenvalue weighted by atomic mass is 10.0. The van der Waals surface area contributed by atoms with Crippen LogP contribution in [0.15, 0.2) is 18.2 Å². The first-order valence-corrected chi connectivity index (χ1v) is 10.3. The van der Waals surface area contributed by atoms with Crippen LogP contribution in [0.3, 0.4) is 0 Å². The van der Waals surface area contributed by atoms with Gasteiger partial charge in [-0.2, -0.15) is 0 Å². The average molecular weight is 433 g/mol. The molecular formula is C21H28FN5O4. The maximum atomic E-state index is 15.0. The number of hydrogen-bond donors (Lipinski definition) is 2. The number of halogens is 1. The van der Waals surface area contributed by atoms with E-state index in [4.69, 9.17) is 15.9 Å². The van der Waals surface area contributed by atoms with Gasteiger partial charge in [-0.1, -0.05) is 12.1 Å². The van der Waals surface area contributed by atoms with Gasteiger partial charge in [0.15, 0.2) is 5.82 Å². The van der Waals surface area contributed by atoms with Gasteiger partial charge in [0.05, 0.1) is 12.2 Å². The van der Waals surface area contributed by atoms with Gasteiger partial charge in [0.1, 0.15) is 18.9 Å². The van der Waals surface area contributed by atoms with Crippen LogP contribution in [0.4, 0.5) is 10.1 Å². The fourth-order valence-corrected chi connectivity index (χ4v) is 4.06. The Balaban J connectivity index is 1.60. The van der Waals surface area contributed by atoms with Crippen LogP contribution in [0.2, 0.25) is 0 Å². The van der Waals surface area contributed by atoms with Crippen LogP contribution < -0.4 is 10.6 Å². The zero-order valence-corrected chi connectivity index (χ0v) is 17.6. The number of amidine groups is 1. The predicted molar refractivity (Wildman–Crippen MR) is 112 cm³/mol. The summed E-state index contributed by atoms with van der Waals surface area (Å²) in [5.74, 6) is -1.56. The maximum Gasteiger partial charge on any atom is 0.313 e. The standard InChI is InChI=1S/C21H28FN5O4/c1-14(28)25-7-5-16(6-8-25)27-10-9-26(12-19(27)29)17-4-2-3-15(21(17)22)13-31-20(30)11-18(23)24/h2-4,16H,5-13H2,1H3,(H3,23,24). The fourth-order valence-electron chi connectivity index (χ4n) is 4.06. The number of piperidine rings is 1. The molecule has 10 heteroatoms. The fraction of sp³-hybridized carbons (Fsp3) is 0.524. The zero-order chi connectivity index (χ0) is 22.5. The molecule has 0 aromatic heterocycles. The Labute approximate surface area is 180 Å². The Bertz CT molecular complexity index is 869. The van der Waals surface area contributed by atoms with E-state index < -0.39 is 11.8 Å². The van der Waals surface area contributed by atoms with E-state index in [1.807, 2.05) is 4.90 Å². The van der Waals surface area contributed by atoms with E-state index >= 15 is 4.39 Å². The summed E-state index contributed by atoms with van der Waals surface area (Å²) in [5.41, 5.74) is 5.65. The van der Waals surface area contributed by atoms with Crippen molar-refractivity contribution in [1.29, 1.82) is 5.41 Å². The molecule has 1 aromatic rings. The van der Waals surface area contributed by atoms with E-state index in [1.54, 1.807) is 28.9 Å². The van der Waals surface area contributed by atoms with Crippen LogP contribution in [0.1, 0.15) is 31.7 Å². The minimum Gasteiger partial charge on any atom is -0.460 e. The molecule has 0 saturated carbocycles. The first-order chi connectivity index (χ1) is 14.8. The molecule has 0 spiro atoms. The lowest BCUT2D eigenvalue weighted by Gasteiger charge is -2.43. The molecule has 0 bridgehead atoms. The molecule has 2 aliphatic rings. The summed E-state index contributed by atoms with van der Waals surface area (Å²) < 4.78 is 20.0. The van der Waals surface area contributed by atoms with Crippen LogP contribution >= 0.6 is 0 Å². The first-order valence-electron chi connectivity index (χ1n) is 10.3. The van der Waals surface area contributed by atoms with Crippen LogP contribution in [-0.4, -0.2) is 72.2 Å². The molecule has 1 aromatic carbocycles. The minimum absolute atomic E-state index is 0.0527. The highest BCUT2D eigenvalue weighted by molar-refractivity contribution is 5.94. The van der Waals surface area contributed by atoms with Crippen molar-refractivity contribution in [2.45, 2.75) is 38.8 Å². The van der Waals surface area contributed by atoms with Crippen molar-refractivity contribution in [3.63, 3.8) is 0 Å². The number of ether oxygens (including phenoxy) is 1. The smallest absolute Gasteiger partial charge is 0.313 e. The molecule has 9 nitrogen and oxygen atoms in total. The largest absolute Gasteiger partial charge is 0.460 e. The summed E-state index contributed by atoms with van der Waals surface area (Å²) >= 11 is 0. The predicted octanol–water partition coefficient (Wildman–Crippen LogP) is 0.854. The number of anilines is 1.